The maximum atomic E-state index is 12.0. The van der Waals surface area contributed by atoms with Crippen LogP contribution in [0.4, 0.5) is 4.79 Å². The Balaban J connectivity index is 0.00000900. The summed E-state index contributed by atoms with van der Waals surface area (Å²) in [6.07, 6.45) is 11.8. The van der Waals surface area contributed by atoms with E-state index in [1.165, 1.54) is 44.9 Å². The average molecular weight is 532 g/mol. The number of ether oxygens (including phenoxy) is 1. The van der Waals surface area contributed by atoms with Crippen molar-refractivity contribution in [3.63, 3.8) is 0 Å². The molecule has 174 valence electrons. The van der Waals surface area contributed by atoms with Gasteiger partial charge >= 0.3 is 35.7 Å². The van der Waals surface area contributed by atoms with Crippen molar-refractivity contribution in [1.29, 1.82) is 0 Å². The Morgan fingerprint density at radius 1 is 1.06 bits per heavy atom. The van der Waals surface area contributed by atoms with Gasteiger partial charge in [0.05, 0.1) is 10.1 Å². The van der Waals surface area contributed by atoms with Crippen LogP contribution in [0.25, 0.3) is 0 Å². The van der Waals surface area contributed by atoms with Gasteiger partial charge in [0.1, 0.15) is 5.76 Å². The molecule has 1 aromatic heterocycles. The molecular weight excluding hydrogens is 497 g/mol. The molecule has 0 spiro atoms. The molecule has 0 aromatic carbocycles. The number of amides is 1. The van der Waals surface area contributed by atoms with Crippen LogP contribution in [-0.2, 0) is 14.9 Å². The first kappa shape index (κ1) is 30.9. The maximum Gasteiger partial charge on any atom is 1.00 e. The molecule has 0 aliphatic rings. The zero-order valence-electron chi connectivity index (χ0n) is 18.9. The van der Waals surface area contributed by atoms with Gasteiger partial charge in [0.15, 0.2) is 10.8 Å². The molecule has 0 bridgehead atoms. The Bertz CT molecular complexity index is 698. The number of carbonyl (C=O) groups excluding carboxylic acids is 1. The average Bonchev–Trinajstić information content (AvgIpc) is 3.11. The van der Waals surface area contributed by atoms with E-state index in [0.717, 1.165) is 19.3 Å². The third-order valence-corrected chi connectivity index (χ3v) is 6.04. The molecular formula is C21H35BrNNaO6S. The predicted molar refractivity (Wildman–Crippen MR) is 119 cm³/mol. The molecule has 0 saturated heterocycles. The van der Waals surface area contributed by atoms with Crippen LogP contribution in [0.3, 0.4) is 0 Å². The molecule has 0 aliphatic heterocycles. The Labute approximate surface area is 217 Å². The molecule has 0 aliphatic carbocycles. The number of hydrogen-bond donors (Lipinski definition) is 1. The molecule has 1 unspecified atom stereocenters. The van der Waals surface area contributed by atoms with Gasteiger partial charge in [0.25, 0.3) is 0 Å². The van der Waals surface area contributed by atoms with E-state index < -0.39 is 28.1 Å². The molecule has 10 heteroatoms. The van der Waals surface area contributed by atoms with Crippen LogP contribution in [-0.4, -0.2) is 31.4 Å². The number of nitrogens with one attached hydrogen (secondary N) is 1. The normalized spacial score (nSPS) is 12.2. The summed E-state index contributed by atoms with van der Waals surface area (Å²) in [6.45, 7) is 2.29. The van der Waals surface area contributed by atoms with Gasteiger partial charge in [-0.05, 0) is 47.3 Å². The van der Waals surface area contributed by atoms with Crippen LogP contribution in [0.2, 0.25) is 0 Å². The molecule has 1 N–H and O–H groups in total. The van der Waals surface area contributed by atoms with Crippen LogP contribution in [0.1, 0.15) is 95.8 Å². The first-order chi connectivity index (χ1) is 14.3. The number of unbranched alkanes of at least 4 members (excludes halogenated alkanes) is 9. The minimum Gasteiger partial charge on any atom is -0.748 e. The summed E-state index contributed by atoms with van der Waals surface area (Å²) >= 11 is 3.26. The van der Waals surface area contributed by atoms with Crippen molar-refractivity contribution in [3.05, 3.63) is 22.6 Å². The van der Waals surface area contributed by atoms with Gasteiger partial charge in [-0.25, -0.2) is 13.2 Å². The molecule has 0 radical (unpaired) electrons. The Hall–Kier alpha value is -0.0600. The van der Waals surface area contributed by atoms with Crippen LogP contribution < -0.4 is 34.9 Å². The van der Waals surface area contributed by atoms with Gasteiger partial charge < -0.3 is 19.0 Å². The summed E-state index contributed by atoms with van der Waals surface area (Å²) < 4.78 is 43.4. The Morgan fingerprint density at radius 3 is 2.16 bits per heavy atom. The van der Waals surface area contributed by atoms with E-state index in [1.54, 1.807) is 12.1 Å². The molecule has 1 aromatic rings. The molecule has 0 fully saturated rings. The summed E-state index contributed by atoms with van der Waals surface area (Å²) in [5.41, 5.74) is 0. The monoisotopic (exact) mass is 531 g/mol. The quantitative estimate of drug-likeness (QED) is 0.188. The van der Waals surface area contributed by atoms with Crippen molar-refractivity contribution in [2.24, 2.45) is 0 Å². The standard InChI is InChI=1S/C21H36BrNO6S.Na/c1-2-3-4-5-6-7-8-9-10-11-13-18(19-14-15-20(22)28-19)29-21(24)23-16-12-17-30(25,26)27;/h14-15,18H,2-13,16-17H2,1H3,(H,23,24)(H,25,26,27);/q;+1/p-1. The number of alkyl carbamates (subject to hydrolysis) is 1. The third kappa shape index (κ3) is 17.1. The molecule has 1 atom stereocenters. The minimum atomic E-state index is -4.28. The van der Waals surface area contributed by atoms with E-state index in [2.05, 4.69) is 28.2 Å². The Morgan fingerprint density at radius 2 is 1.65 bits per heavy atom. The number of hydrogen-bond acceptors (Lipinski definition) is 6. The van der Waals surface area contributed by atoms with Gasteiger partial charge in [-0.15, -0.1) is 0 Å². The van der Waals surface area contributed by atoms with Crippen LogP contribution >= 0.6 is 15.9 Å². The second kappa shape index (κ2) is 18.4. The van der Waals surface area contributed by atoms with Crippen molar-refractivity contribution >= 4 is 32.1 Å². The first-order valence-corrected chi connectivity index (χ1v) is 13.3. The van der Waals surface area contributed by atoms with Crippen LogP contribution in [0, 0.1) is 0 Å². The van der Waals surface area contributed by atoms with Crippen LogP contribution in [0.5, 0.6) is 0 Å². The largest absolute Gasteiger partial charge is 1.00 e. The minimum absolute atomic E-state index is 0. The van der Waals surface area contributed by atoms with Crippen molar-refractivity contribution in [1.82, 2.24) is 5.32 Å². The summed E-state index contributed by atoms with van der Waals surface area (Å²) in [4.78, 5) is 12.0. The van der Waals surface area contributed by atoms with Crippen molar-refractivity contribution in [2.75, 3.05) is 12.3 Å². The van der Waals surface area contributed by atoms with Gasteiger partial charge in [0, 0.05) is 12.3 Å². The fourth-order valence-corrected chi connectivity index (χ4v) is 4.00. The van der Waals surface area contributed by atoms with E-state index in [4.69, 9.17) is 9.15 Å². The number of halogens is 1. The van der Waals surface area contributed by atoms with Crippen LogP contribution in [0.15, 0.2) is 21.2 Å². The second-order valence-electron chi connectivity index (χ2n) is 7.55. The third-order valence-electron chi connectivity index (χ3n) is 4.82. The second-order valence-corrected chi connectivity index (χ2v) is 9.85. The van der Waals surface area contributed by atoms with Gasteiger partial charge in [-0.1, -0.05) is 64.7 Å². The maximum absolute atomic E-state index is 12.0. The fraction of sp³-hybridized carbons (Fsp3) is 0.762. The summed E-state index contributed by atoms with van der Waals surface area (Å²) in [6, 6.07) is 3.52. The Kier molecular flexibility index (Phi) is 18.3. The SMILES string of the molecule is CCCCCCCCCCCCC(OC(=O)NCCCS(=O)(=O)[O-])c1ccc(Br)o1.[Na+]. The molecule has 31 heavy (non-hydrogen) atoms. The van der Waals surface area contributed by atoms with E-state index in [9.17, 15) is 17.8 Å². The van der Waals surface area contributed by atoms with E-state index >= 15 is 0 Å². The summed E-state index contributed by atoms with van der Waals surface area (Å²) in [7, 11) is -4.28. The van der Waals surface area contributed by atoms with Gasteiger partial charge in [0.2, 0.25) is 0 Å². The molecule has 1 amide bonds. The molecule has 1 rings (SSSR count). The zero-order valence-corrected chi connectivity index (χ0v) is 23.3. The van der Waals surface area contributed by atoms with E-state index in [1.807, 2.05) is 0 Å². The number of carbonyl (C=O) groups is 1. The topological polar surface area (TPSA) is 109 Å². The fourth-order valence-electron chi connectivity index (χ4n) is 3.19. The summed E-state index contributed by atoms with van der Waals surface area (Å²) in [5, 5.41) is 2.48. The molecule has 0 saturated carbocycles. The van der Waals surface area contributed by atoms with Gasteiger partial charge in [-0.3, -0.25) is 0 Å². The first-order valence-electron chi connectivity index (χ1n) is 10.9. The summed E-state index contributed by atoms with van der Waals surface area (Å²) in [5.74, 6) is 0.0514. The molecule has 7 nitrogen and oxygen atoms in total. The number of furan rings is 1. The molecule has 1 heterocycles. The predicted octanol–water partition coefficient (Wildman–Crippen LogP) is 3.06. The van der Waals surface area contributed by atoms with Gasteiger partial charge in [-0.2, -0.15) is 0 Å². The van der Waals surface area contributed by atoms with Crippen molar-refractivity contribution in [2.45, 2.75) is 90.1 Å². The number of rotatable bonds is 17. The smallest absolute Gasteiger partial charge is 0.748 e. The van der Waals surface area contributed by atoms with Crippen molar-refractivity contribution in [3.8, 4) is 0 Å². The van der Waals surface area contributed by atoms with E-state index in [-0.39, 0.29) is 42.5 Å². The van der Waals surface area contributed by atoms with Crippen molar-refractivity contribution < 1.29 is 56.5 Å². The van der Waals surface area contributed by atoms with E-state index in [0.29, 0.717) is 16.9 Å². The zero-order chi connectivity index (χ0) is 22.2.